The highest BCUT2D eigenvalue weighted by atomic mass is 16.7. The summed E-state index contributed by atoms with van der Waals surface area (Å²) in [5.41, 5.74) is 0. The fraction of sp³-hybridized carbons (Fsp3) is 0.429. The van der Waals surface area contributed by atoms with Crippen LogP contribution in [0.1, 0.15) is 0 Å². The van der Waals surface area contributed by atoms with Gasteiger partial charge < -0.3 is 74.0 Å². The molecule has 0 radical (unpaired) electrons. The Kier molecular flexibility index (Phi) is 28.4. The lowest BCUT2D eigenvalue weighted by Crippen LogP contribution is -2.53. The van der Waals surface area contributed by atoms with Crippen LogP contribution in [0.3, 0.4) is 0 Å². The lowest BCUT2D eigenvalue weighted by atomic mass is 10.1. The largest absolute Gasteiger partial charge is 0.461 e. The molecule has 2 atom stereocenters. The standard InChI is InChI=1S/C35H47N5O20/c1-6-25(41)51-16-11-36-31(46)56-21-23(58-33(48)38-13-18-53-27(43)8-3)30(60-35(50)40-15-20-55-29(45)10-5)24(59-34(49)39-14-19-54-28(44)9-4)22-57-32(47)37-12-17-52-26(42)7-2/h6-10,23-24,30H,1-5,11-22H2,(H,36,46)(H,37,47)(H,38,48)(H,39,49)(H,40,50). The summed E-state index contributed by atoms with van der Waals surface area (Å²) < 4.78 is 50.3. The first kappa shape index (κ1) is 52.4. The van der Waals surface area contributed by atoms with Crippen molar-refractivity contribution >= 4 is 60.3 Å². The van der Waals surface area contributed by atoms with Gasteiger partial charge in [0.25, 0.3) is 0 Å². The van der Waals surface area contributed by atoms with Crippen LogP contribution in [0.25, 0.3) is 0 Å². The molecule has 0 spiro atoms. The van der Waals surface area contributed by atoms with E-state index in [4.69, 9.17) is 47.4 Å². The average molecular weight is 858 g/mol. The van der Waals surface area contributed by atoms with Gasteiger partial charge in [-0.1, -0.05) is 32.9 Å². The maximum absolute atomic E-state index is 13.1. The van der Waals surface area contributed by atoms with Crippen LogP contribution in [0.4, 0.5) is 24.0 Å². The summed E-state index contributed by atoms with van der Waals surface area (Å²) in [5.74, 6) is -4.05. The number of amides is 5. The number of carbonyl (C=O) groups excluding carboxylic acids is 10. The molecular weight excluding hydrogens is 810 g/mol. The number of hydrogen-bond donors (Lipinski definition) is 5. The third-order valence-corrected chi connectivity index (χ3v) is 6.16. The third kappa shape index (κ3) is 27.1. The van der Waals surface area contributed by atoms with Crippen molar-refractivity contribution in [1.29, 1.82) is 0 Å². The van der Waals surface area contributed by atoms with Crippen molar-refractivity contribution in [3.05, 3.63) is 63.3 Å². The van der Waals surface area contributed by atoms with Gasteiger partial charge in [0.15, 0.2) is 18.3 Å². The summed E-state index contributed by atoms with van der Waals surface area (Å²) in [6.45, 7) is 10.8. The Bertz CT molecular complexity index is 1450. The molecule has 0 aliphatic heterocycles. The Hall–Kier alpha value is -7.60. The van der Waals surface area contributed by atoms with E-state index in [9.17, 15) is 47.9 Å². The molecule has 0 saturated heterocycles. The highest BCUT2D eigenvalue weighted by Crippen LogP contribution is 2.16. The second-order valence-corrected chi connectivity index (χ2v) is 10.4. The molecule has 0 rings (SSSR count). The summed E-state index contributed by atoms with van der Waals surface area (Å²) in [5, 5.41) is 11.1. The number of carbonyl (C=O) groups is 10. The van der Waals surface area contributed by atoms with E-state index in [0.29, 0.717) is 0 Å². The fourth-order valence-corrected chi connectivity index (χ4v) is 3.54. The second kappa shape index (κ2) is 32.5. The van der Waals surface area contributed by atoms with Gasteiger partial charge in [-0.15, -0.1) is 0 Å². The van der Waals surface area contributed by atoms with Crippen LogP contribution in [0, 0.1) is 0 Å². The molecule has 0 bridgehead atoms. The second-order valence-electron chi connectivity index (χ2n) is 10.4. The van der Waals surface area contributed by atoms with Crippen LogP contribution in [0.15, 0.2) is 63.3 Å². The number of nitrogens with one attached hydrogen (secondary N) is 5. The van der Waals surface area contributed by atoms with E-state index < -0.39 is 91.8 Å². The zero-order valence-electron chi connectivity index (χ0n) is 32.3. The van der Waals surface area contributed by atoms with Gasteiger partial charge in [-0.3, -0.25) is 0 Å². The van der Waals surface area contributed by atoms with E-state index >= 15 is 0 Å². The summed E-state index contributed by atoms with van der Waals surface area (Å²) in [6.07, 6.45) is -7.97. The monoisotopic (exact) mass is 857 g/mol. The topological polar surface area (TPSA) is 323 Å². The van der Waals surface area contributed by atoms with E-state index in [2.05, 4.69) is 59.5 Å². The molecular formula is C35H47N5O20. The first-order chi connectivity index (χ1) is 28.7. The van der Waals surface area contributed by atoms with Crippen LogP contribution in [-0.4, -0.2) is 158 Å². The van der Waals surface area contributed by atoms with Gasteiger partial charge in [0, 0.05) is 30.4 Å². The molecule has 25 heteroatoms. The fourth-order valence-electron chi connectivity index (χ4n) is 3.54. The highest BCUT2D eigenvalue weighted by molar-refractivity contribution is 5.82. The van der Waals surface area contributed by atoms with E-state index in [1.807, 2.05) is 0 Å². The Balaban J connectivity index is 6.64. The Morgan fingerprint density at radius 1 is 0.350 bits per heavy atom. The number of alkyl carbamates (subject to hydrolysis) is 5. The number of esters is 5. The van der Waals surface area contributed by atoms with Crippen molar-refractivity contribution in [1.82, 2.24) is 26.6 Å². The molecule has 0 aliphatic rings. The molecule has 0 aromatic heterocycles. The molecule has 5 amide bonds. The summed E-state index contributed by atoms with van der Waals surface area (Å²) in [6, 6.07) is 0. The number of hydrogen-bond acceptors (Lipinski definition) is 20. The van der Waals surface area contributed by atoms with Crippen molar-refractivity contribution in [3.8, 4) is 0 Å². The van der Waals surface area contributed by atoms with Crippen LogP contribution in [0.5, 0.6) is 0 Å². The molecule has 0 aromatic carbocycles. The van der Waals surface area contributed by atoms with Gasteiger partial charge >= 0.3 is 60.3 Å². The highest BCUT2D eigenvalue weighted by Gasteiger charge is 2.40. The quantitative estimate of drug-likeness (QED) is 0.0271. The normalized spacial score (nSPS) is 11.3. The van der Waals surface area contributed by atoms with Gasteiger partial charge in [0.1, 0.15) is 46.2 Å². The van der Waals surface area contributed by atoms with Crippen molar-refractivity contribution in [3.63, 3.8) is 0 Å². The van der Waals surface area contributed by atoms with Crippen LogP contribution >= 0.6 is 0 Å². The van der Waals surface area contributed by atoms with Crippen molar-refractivity contribution in [2.45, 2.75) is 18.3 Å². The predicted octanol–water partition coefficient (Wildman–Crippen LogP) is -0.631. The Morgan fingerprint density at radius 3 is 0.833 bits per heavy atom. The molecule has 0 fully saturated rings. The molecule has 0 saturated carbocycles. The van der Waals surface area contributed by atoms with Crippen LogP contribution in [-0.2, 0) is 71.3 Å². The van der Waals surface area contributed by atoms with Crippen LogP contribution < -0.4 is 26.6 Å². The maximum Gasteiger partial charge on any atom is 0.407 e. The van der Waals surface area contributed by atoms with Gasteiger partial charge in [0.05, 0.1) is 32.7 Å². The predicted molar refractivity (Wildman–Crippen MR) is 199 cm³/mol. The maximum atomic E-state index is 13.1. The zero-order valence-corrected chi connectivity index (χ0v) is 32.3. The van der Waals surface area contributed by atoms with E-state index in [1.54, 1.807) is 0 Å². The van der Waals surface area contributed by atoms with Gasteiger partial charge in [0.2, 0.25) is 0 Å². The molecule has 0 aromatic rings. The lowest BCUT2D eigenvalue weighted by Gasteiger charge is -2.32. The average Bonchev–Trinajstić information content (AvgIpc) is 3.24. The smallest absolute Gasteiger partial charge is 0.407 e. The van der Waals surface area contributed by atoms with Crippen molar-refractivity contribution in [2.75, 3.05) is 79.0 Å². The molecule has 0 aliphatic carbocycles. The van der Waals surface area contributed by atoms with Gasteiger partial charge in [-0.05, 0) is 0 Å². The molecule has 0 heterocycles. The Morgan fingerprint density at radius 2 is 0.583 bits per heavy atom. The molecule has 60 heavy (non-hydrogen) atoms. The van der Waals surface area contributed by atoms with Crippen molar-refractivity contribution < 1.29 is 95.3 Å². The number of ether oxygens (including phenoxy) is 10. The van der Waals surface area contributed by atoms with Gasteiger partial charge in [-0.2, -0.15) is 0 Å². The lowest BCUT2D eigenvalue weighted by molar-refractivity contribution is -0.138. The molecule has 5 N–H and O–H groups in total. The van der Waals surface area contributed by atoms with E-state index in [1.165, 1.54) is 0 Å². The summed E-state index contributed by atoms with van der Waals surface area (Å²) in [4.78, 5) is 121. The molecule has 2 unspecified atom stereocenters. The summed E-state index contributed by atoms with van der Waals surface area (Å²) in [7, 11) is 0. The minimum Gasteiger partial charge on any atom is -0.461 e. The third-order valence-electron chi connectivity index (χ3n) is 6.16. The van der Waals surface area contributed by atoms with Crippen LogP contribution in [0.2, 0.25) is 0 Å². The first-order valence-corrected chi connectivity index (χ1v) is 17.3. The molecule has 25 nitrogen and oxygen atoms in total. The van der Waals surface area contributed by atoms with Crippen molar-refractivity contribution in [2.24, 2.45) is 0 Å². The van der Waals surface area contributed by atoms with Gasteiger partial charge in [-0.25, -0.2) is 47.9 Å². The minimum absolute atomic E-state index is 0.281. The Labute approximate surface area is 342 Å². The van der Waals surface area contributed by atoms with E-state index in [-0.39, 0.29) is 65.8 Å². The summed E-state index contributed by atoms with van der Waals surface area (Å²) >= 11 is 0. The first-order valence-electron chi connectivity index (χ1n) is 17.3. The SMILES string of the molecule is C=CC(=O)OCCNC(=O)OCC(OC(=O)NCCOC(=O)C=C)C(OC(=O)NCCOC(=O)C=C)C(COC(=O)NCCOC(=O)C=C)OC(=O)NCCOC(=O)C=C. The zero-order chi connectivity index (χ0) is 45.1. The number of rotatable bonds is 29. The van der Waals surface area contributed by atoms with E-state index in [0.717, 1.165) is 30.4 Å². The molecule has 332 valence electrons. The minimum atomic E-state index is -2.06.